The van der Waals surface area contributed by atoms with E-state index in [0.717, 1.165) is 19.3 Å². The van der Waals surface area contributed by atoms with Crippen LogP contribution in [0.25, 0.3) is 0 Å². The molecule has 2 atom stereocenters. The highest BCUT2D eigenvalue weighted by Gasteiger charge is 2.57. The Morgan fingerprint density at radius 3 is 2.67 bits per heavy atom. The molecule has 0 saturated heterocycles. The van der Waals surface area contributed by atoms with Gasteiger partial charge in [-0.2, -0.15) is 5.10 Å². The summed E-state index contributed by atoms with van der Waals surface area (Å²) in [5.74, 6) is -0.273. The number of ether oxygens (including phenoxy) is 1. The maximum Gasteiger partial charge on any atom is 0.279 e. The molecule has 0 aliphatic heterocycles. The van der Waals surface area contributed by atoms with Gasteiger partial charge in [0.2, 0.25) is 0 Å². The number of rotatable bonds is 4. The van der Waals surface area contributed by atoms with Gasteiger partial charge in [0.25, 0.3) is 11.5 Å². The molecule has 1 aromatic rings. The number of carbonyl (C=O) groups excluding carboxylic acids is 1. The number of amides is 1. The van der Waals surface area contributed by atoms with Crippen LogP contribution in [0, 0.1) is 19.3 Å². The zero-order valence-corrected chi connectivity index (χ0v) is 15.0. The van der Waals surface area contributed by atoms with E-state index >= 15 is 0 Å². The molecule has 1 heterocycles. The normalized spacial score (nSPS) is 24.8. The predicted octanol–water partition coefficient (Wildman–Crippen LogP) is 1.86. The van der Waals surface area contributed by atoms with Crippen LogP contribution < -0.4 is 10.9 Å². The lowest BCUT2D eigenvalue weighted by Crippen LogP contribution is -2.64. The SMILES string of the molecule is CCOC1CC(NC(=O)c2c(C)c(C)nn(C)c2=O)C12CCCC2. The van der Waals surface area contributed by atoms with Crippen molar-refractivity contribution in [2.24, 2.45) is 12.5 Å². The summed E-state index contributed by atoms with van der Waals surface area (Å²) in [7, 11) is 1.58. The lowest BCUT2D eigenvalue weighted by molar-refractivity contribution is -0.127. The second-order valence-corrected chi connectivity index (χ2v) is 7.16. The topological polar surface area (TPSA) is 73.2 Å². The van der Waals surface area contributed by atoms with Crippen LogP contribution in [-0.2, 0) is 11.8 Å². The molecule has 0 radical (unpaired) electrons. The summed E-state index contributed by atoms with van der Waals surface area (Å²) in [6.07, 6.45) is 5.63. The lowest BCUT2D eigenvalue weighted by atomic mass is 9.60. The molecule has 0 aromatic carbocycles. The zero-order chi connectivity index (χ0) is 17.5. The average Bonchev–Trinajstić information content (AvgIpc) is 3.05. The number of nitrogens with zero attached hydrogens (tertiary/aromatic N) is 2. The number of hydrogen-bond acceptors (Lipinski definition) is 4. The van der Waals surface area contributed by atoms with Crippen LogP contribution in [0.1, 0.15) is 60.6 Å². The van der Waals surface area contributed by atoms with Crippen molar-refractivity contribution in [3.63, 3.8) is 0 Å². The standard InChI is InChI=1S/C18H27N3O3/c1-5-24-14-10-13(18(14)8-6-7-9-18)19-16(22)15-11(2)12(3)20-21(4)17(15)23/h13-14H,5-10H2,1-4H3,(H,19,22). The van der Waals surface area contributed by atoms with E-state index in [1.807, 2.05) is 13.8 Å². The van der Waals surface area contributed by atoms with Gasteiger partial charge in [-0.05, 0) is 45.6 Å². The molecule has 2 aliphatic carbocycles. The van der Waals surface area contributed by atoms with Gasteiger partial charge in [0, 0.05) is 25.1 Å². The Morgan fingerprint density at radius 1 is 1.38 bits per heavy atom. The second kappa shape index (κ2) is 6.31. The predicted molar refractivity (Wildman–Crippen MR) is 91.1 cm³/mol. The van der Waals surface area contributed by atoms with Crippen LogP contribution in [0.5, 0.6) is 0 Å². The van der Waals surface area contributed by atoms with Gasteiger partial charge in [-0.15, -0.1) is 0 Å². The first-order valence-electron chi connectivity index (χ1n) is 8.87. The van der Waals surface area contributed by atoms with Crippen molar-refractivity contribution < 1.29 is 9.53 Å². The quantitative estimate of drug-likeness (QED) is 0.913. The smallest absolute Gasteiger partial charge is 0.279 e. The fourth-order valence-corrected chi connectivity index (χ4v) is 4.44. The van der Waals surface area contributed by atoms with E-state index in [-0.39, 0.29) is 34.6 Å². The van der Waals surface area contributed by atoms with Crippen LogP contribution in [-0.4, -0.2) is 34.4 Å². The van der Waals surface area contributed by atoms with E-state index in [1.54, 1.807) is 14.0 Å². The Morgan fingerprint density at radius 2 is 2.04 bits per heavy atom. The maximum atomic E-state index is 12.8. The third-order valence-electron chi connectivity index (χ3n) is 5.95. The van der Waals surface area contributed by atoms with Crippen LogP contribution in [0.3, 0.4) is 0 Å². The van der Waals surface area contributed by atoms with E-state index < -0.39 is 0 Å². The molecule has 0 bridgehead atoms. The van der Waals surface area contributed by atoms with Gasteiger partial charge in [-0.3, -0.25) is 9.59 Å². The third kappa shape index (κ3) is 2.57. The monoisotopic (exact) mass is 333 g/mol. The lowest BCUT2D eigenvalue weighted by Gasteiger charge is -2.54. The molecule has 24 heavy (non-hydrogen) atoms. The first-order chi connectivity index (χ1) is 11.4. The molecule has 2 aliphatic rings. The highest BCUT2D eigenvalue weighted by Crippen LogP contribution is 2.54. The van der Waals surface area contributed by atoms with Crippen molar-refractivity contribution in [1.82, 2.24) is 15.1 Å². The number of nitrogens with one attached hydrogen (secondary N) is 1. The molecule has 6 heteroatoms. The molecule has 1 spiro atoms. The zero-order valence-electron chi connectivity index (χ0n) is 15.0. The fourth-order valence-electron chi connectivity index (χ4n) is 4.44. The van der Waals surface area contributed by atoms with Crippen molar-refractivity contribution >= 4 is 5.91 Å². The Bertz CT molecular complexity index is 704. The van der Waals surface area contributed by atoms with Gasteiger partial charge in [0.05, 0.1) is 11.8 Å². The summed E-state index contributed by atoms with van der Waals surface area (Å²) in [4.78, 5) is 25.2. The average molecular weight is 333 g/mol. The molecule has 2 fully saturated rings. The molecule has 1 N–H and O–H groups in total. The highest BCUT2D eigenvalue weighted by atomic mass is 16.5. The van der Waals surface area contributed by atoms with Crippen molar-refractivity contribution in [1.29, 1.82) is 0 Å². The van der Waals surface area contributed by atoms with Gasteiger partial charge in [-0.25, -0.2) is 4.68 Å². The van der Waals surface area contributed by atoms with E-state index in [1.165, 1.54) is 17.5 Å². The summed E-state index contributed by atoms with van der Waals surface area (Å²) in [6, 6.07) is 0.0987. The summed E-state index contributed by atoms with van der Waals surface area (Å²) in [5, 5.41) is 7.27. The molecule has 1 aromatic heterocycles. The Labute approximate surface area is 142 Å². The van der Waals surface area contributed by atoms with Crippen molar-refractivity contribution in [3.05, 3.63) is 27.2 Å². The molecule has 2 unspecified atom stereocenters. The van der Waals surface area contributed by atoms with Crippen LogP contribution in [0.4, 0.5) is 0 Å². The van der Waals surface area contributed by atoms with Gasteiger partial charge in [0.1, 0.15) is 5.56 Å². The number of hydrogen-bond donors (Lipinski definition) is 1. The molecule has 1 amide bonds. The van der Waals surface area contributed by atoms with Crippen molar-refractivity contribution in [2.75, 3.05) is 6.61 Å². The Balaban J connectivity index is 1.83. The van der Waals surface area contributed by atoms with Gasteiger partial charge in [0.15, 0.2) is 0 Å². The first kappa shape index (κ1) is 17.1. The van der Waals surface area contributed by atoms with E-state index in [4.69, 9.17) is 4.74 Å². The van der Waals surface area contributed by atoms with Crippen LogP contribution in [0.15, 0.2) is 4.79 Å². The van der Waals surface area contributed by atoms with Gasteiger partial charge < -0.3 is 10.1 Å². The Kier molecular flexibility index (Phi) is 4.51. The molecule has 132 valence electrons. The minimum Gasteiger partial charge on any atom is -0.378 e. The van der Waals surface area contributed by atoms with Gasteiger partial charge in [-0.1, -0.05) is 12.8 Å². The van der Waals surface area contributed by atoms with Crippen molar-refractivity contribution in [3.8, 4) is 0 Å². The second-order valence-electron chi connectivity index (χ2n) is 7.16. The van der Waals surface area contributed by atoms with Crippen molar-refractivity contribution in [2.45, 2.75) is 65.0 Å². The van der Waals surface area contributed by atoms with E-state index in [2.05, 4.69) is 10.4 Å². The van der Waals surface area contributed by atoms with Crippen LogP contribution in [0.2, 0.25) is 0 Å². The molecular weight excluding hydrogens is 306 g/mol. The minimum atomic E-state index is -0.336. The summed E-state index contributed by atoms with van der Waals surface area (Å²) in [5.41, 5.74) is 1.32. The number of aromatic nitrogens is 2. The summed E-state index contributed by atoms with van der Waals surface area (Å²) >= 11 is 0. The van der Waals surface area contributed by atoms with Crippen LogP contribution >= 0.6 is 0 Å². The summed E-state index contributed by atoms with van der Waals surface area (Å²) < 4.78 is 7.13. The van der Waals surface area contributed by atoms with E-state index in [0.29, 0.717) is 17.9 Å². The summed E-state index contributed by atoms with van der Waals surface area (Å²) in [6.45, 7) is 6.32. The van der Waals surface area contributed by atoms with Gasteiger partial charge >= 0.3 is 0 Å². The Hall–Kier alpha value is -1.69. The maximum absolute atomic E-state index is 12.8. The molecule has 6 nitrogen and oxygen atoms in total. The largest absolute Gasteiger partial charge is 0.378 e. The molecule has 2 saturated carbocycles. The van der Waals surface area contributed by atoms with E-state index in [9.17, 15) is 9.59 Å². The highest BCUT2D eigenvalue weighted by molar-refractivity contribution is 5.95. The third-order valence-corrected chi connectivity index (χ3v) is 5.95. The number of carbonyl (C=O) groups is 1. The fraction of sp³-hybridized carbons (Fsp3) is 0.722. The minimum absolute atomic E-state index is 0.0624. The molecule has 3 rings (SSSR count). The number of aryl methyl sites for hydroxylation is 2. The first-order valence-corrected chi connectivity index (χ1v) is 8.87. The molecular formula is C18H27N3O3.